The van der Waals surface area contributed by atoms with E-state index in [0.29, 0.717) is 11.3 Å². The lowest BCUT2D eigenvalue weighted by Gasteiger charge is -2.39. The van der Waals surface area contributed by atoms with Crippen molar-refractivity contribution in [2.45, 2.75) is 61.0 Å². The summed E-state index contributed by atoms with van der Waals surface area (Å²) in [6, 6.07) is 14.7. The molecule has 2 aromatic carbocycles. The molecule has 0 spiro atoms. The molecule has 1 aliphatic carbocycles. The van der Waals surface area contributed by atoms with Crippen molar-refractivity contribution in [3.63, 3.8) is 0 Å². The minimum atomic E-state index is -4.26. The van der Waals surface area contributed by atoms with E-state index in [1.807, 2.05) is 6.07 Å². The van der Waals surface area contributed by atoms with Gasteiger partial charge in [-0.15, -0.1) is 0 Å². The molecule has 2 atom stereocenters. The number of benzene rings is 2. The minimum absolute atomic E-state index is 0.0456. The molecule has 12 heteroatoms. The molecule has 2 fully saturated rings. The summed E-state index contributed by atoms with van der Waals surface area (Å²) >= 11 is 0. The molecule has 0 aromatic heterocycles. The number of amides is 1. The first kappa shape index (κ1) is 29.2. The van der Waals surface area contributed by atoms with Gasteiger partial charge in [-0.2, -0.15) is 4.72 Å². The summed E-state index contributed by atoms with van der Waals surface area (Å²) in [5, 5.41) is 14.2. The first-order chi connectivity index (χ1) is 18.8. The number of sulfonamides is 1. The topological polar surface area (TPSA) is 142 Å². The molecule has 1 aliphatic heterocycles. The Morgan fingerprint density at radius 3 is 2.36 bits per heavy atom. The maximum absolute atomic E-state index is 13.6. The highest BCUT2D eigenvalue weighted by atomic mass is 32.2. The molecule has 2 aliphatic rings. The van der Waals surface area contributed by atoms with Gasteiger partial charge in [0, 0.05) is 6.42 Å². The molecule has 214 valence electrons. The number of hydrogen-bond donors (Lipinski definition) is 3. The highest BCUT2D eigenvalue weighted by Crippen LogP contribution is 2.25. The maximum Gasteiger partial charge on any atom is 0.409 e. The number of carbonyl (C=O) groups is 1. The summed E-state index contributed by atoms with van der Waals surface area (Å²) in [7, 11) is -2.79. The molecule has 39 heavy (non-hydrogen) atoms. The fourth-order valence-electron chi connectivity index (χ4n) is 4.67. The van der Waals surface area contributed by atoms with Gasteiger partial charge in [-0.1, -0.05) is 43.2 Å². The SMILES string of the molecule is COc1ccc(S(=O)(=O)NC(Cc2ccccc2)(NC(=O)OC2COCOC2)C(O)COC2CCCC2)cc1. The lowest BCUT2D eigenvalue weighted by Crippen LogP contribution is -2.69. The van der Waals surface area contributed by atoms with Crippen LogP contribution >= 0.6 is 0 Å². The van der Waals surface area contributed by atoms with Crippen LogP contribution in [0.15, 0.2) is 59.5 Å². The largest absolute Gasteiger partial charge is 0.497 e. The Balaban J connectivity index is 1.66. The van der Waals surface area contributed by atoms with Crippen molar-refractivity contribution in [1.82, 2.24) is 10.0 Å². The standard InChI is InChI=1S/C27H36N2O9S/c1-34-21-11-13-24(14-12-21)39(32,33)29-27(15-20-7-3-2-4-8-20,25(30)18-37-22-9-5-6-10-22)28-26(31)38-23-16-35-19-36-17-23/h2-4,7-8,11-14,22-23,25,29-30H,5-6,9-10,15-19H2,1H3,(H,28,31). The van der Waals surface area contributed by atoms with Crippen LogP contribution in [0, 0.1) is 0 Å². The van der Waals surface area contributed by atoms with Crippen molar-refractivity contribution in [2.75, 3.05) is 33.7 Å². The second kappa shape index (κ2) is 13.6. The summed E-state index contributed by atoms with van der Waals surface area (Å²) in [5.74, 6) is 0.480. The average molecular weight is 565 g/mol. The second-order valence-corrected chi connectivity index (χ2v) is 11.4. The van der Waals surface area contributed by atoms with Crippen molar-refractivity contribution in [3.8, 4) is 5.75 Å². The number of aliphatic hydroxyl groups is 1. The van der Waals surface area contributed by atoms with Gasteiger partial charge in [-0.3, -0.25) is 5.32 Å². The molecular formula is C27H36N2O9S. The molecule has 11 nitrogen and oxygen atoms in total. The van der Waals surface area contributed by atoms with Crippen molar-refractivity contribution >= 4 is 16.1 Å². The molecule has 1 saturated carbocycles. The van der Waals surface area contributed by atoms with Crippen LogP contribution in [-0.2, 0) is 35.4 Å². The van der Waals surface area contributed by atoms with Crippen molar-refractivity contribution in [2.24, 2.45) is 0 Å². The van der Waals surface area contributed by atoms with Gasteiger partial charge < -0.3 is 28.8 Å². The van der Waals surface area contributed by atoms with Gasteiger partial charge in [0.2, 0.25) is 10.0 Å². The van der Waals surface area contributed by atoms with Gasteiger partial charge in [0.25, 0.3) is 0 Å². The van der Waals surface area contributed by atoms with E-state index in [1.165, 1.54) is 31.4 Å². The summed E-state index contributed by atoms with van der Waals surface area (Å²) in [4.78, 5) is 13.1. The van der Waals surface area contributed by atoms with Crippen molar-refractivity contribution < 1.29 is 42.0 Å². The van der Waals surface area contributed by atoms with E-state index in [2.05, 4.69) is 10.0 Å². The lowest BCUT2D eigenvalue weighted by molar-refractivity contribution is -0.152. The maximum atomic E-state index is 13.6. The first-order valence-corrected chi connectivity index (χ1v) is 14.4. The third-order valence-electron chi connectivity index (χ3n) is 6.75. The van der Waals surface area contributed by atoms with Gasteiger partial charge >= 0.3 is 6.09 Å². The van der Waals surface area contributed by atoms with Crippen LogP contribution in [0.1, 0.15) is 31.2 Å². The number of methoxy groups -OCH3 is 1. The Morgan fingerprint density at radius 1 is 1.05 bits per heavy atom. The van der Waals surface area contributed by atoms with Crippen LogP contribution in [0.25, 0.3) is 0 Å². The van der Waals surface area contributed by atoms with E-state index in [1.54, 1.807) is 24.3 Å². The molecule has 2 unspecified atom stereocenters. The predicted molar refractivity (Wildman–Crippen MR) is 141 cm³/mol. The number of alkyl carbamates (subject to hydrolysis) is 1. The Labute approximate surface area is 228 Å². The molecule has 4 rings (SSSR count). The van der Waals surface area contributed by atoms with Gasteiger partial charge in [0.1, 0.15) is 24.3 Å². The van der Waals surface area contributed by atoms with Gasteiger partial charge in [0.05, 0.1) is 37.9 Å². The van der Waals surface area contributed by atoms with E-state index in [0.717, 1.165) is 25.7 Å². The highest BCUT2D eigenvalue weighted by Gasteiger charge is 2.45. The van der Waals surface area contributed by atoms with E-state index >= 15 is 0 Å². The summed E-state index contributed by atoms with van der Waals surface area (Å²) in [6.45, 7) is 0.144. The quantitative estimate of drug-likeness (QED) is 0.331. The van der Waals surface area contributed by atoms with E-state index < -0.39 is 34.0 Å². The fourth-order valence-corrected chi connectivity index (χ4v) is 6.02. The zero-order valence-corrected chi connectivity index (χ0v) is 22.7. The Bertz CT molecular complexity index is 1150. The zero-order chi connectivity index (χ0) is 27.7. The smallest absolute Gasteiger partial charge is 0.409 e. The molecule has 2 aromatic rings. The molecule has 1 saturated heterocycles. The van der Waals surface area contributed by atoms with E-state index in [9.17, 15) is 18.3 Å². The van der Waals surface area contributed by atoms with Crippen LogP contribution in [0.2, 0.25) is 0 Å². The number of aliphatic hydroxyl groups excluding tert-OH is 1. The number of carbonyl (C=O) groups excluding carboxylic acids is 1. The number of rotatable bonds is 12. The fraction of sp³-hybridized carbons (Fsp3) is 0.519. The van der Waals surface area contributed by atoms with Crippen LogP contribution in [0.4, 0.5) is 4.79 Å². The molecule has 0 bridgehead atoms. The molecule has 1 amide bonds. The predicted octanol–water partition coefficient (Wildman–Crippen LogP) is 2.33. The molecule has 1 heterocycles. The van der Waals surface area contributed by atoms with Gasteiger partial charge in [-0.05, 0) is 42.7 Å². The second-order valence-electron chi connectivity index (χ2n) is 9.68. The minimum Gasteiger partial charge on any atom is -0.497 e. The van der Waals surface area contributed by atoms with E-state index in [4.69, 9.17) is 23.7 Å². The van der Waals surface area contributed by atoms with Gasteiger partial charge in [-0.25, -0.2) is 13.2 Å². The Hall–Kier alpha value is -2.74. The Morgan fingerprint density at radius 2 is 1.72 bits per heavy atom. The van der Waals surface area contributed by atoms with Crippen molar-refractivity contribution in [1.29, 1.82) is 0 Å². The number of ether oxygens (including phenoxy) is 5. The van der Waals surface area contributed by atoms with Crippen LogP contribution in [0.5, 0.6) is 5.75 Å². The molecular weight excluding hydrogens is 528 g/mol. The third-order valence-corrected chi connectivity index (χ3v) is 8.27. The normalized spacial score (nSPS) is 19.2. The van der Waals surface area contributed by atoms with Crippen LogP contribution in [0.3, 0.4) is 0 Å². The summed E-state index contributed by atoms with van der Waals surface area (Å²) in [6.07, 6.45) is 0.506. The monoisotopic (exact) mass is 564 g/mol. The highest BCUT2D eigenvalue weighted by molar-refractivity contribution is 7.89. The number of hydrogen-bond acceptors (Lipinski definition) is 9. The summed E-state index contributed by atoms with van der Waals surface area (Å²) < 4.78 is 56.8. The molecule has 0 radical (unpaired) electrons. The van der Waals surface area contributed by atoms with Gasteiger partial charge in [0.15, 0.2) is 6.10 Å². The first-order valence-electron chi connectivity index (χ1n) is 13.0. The molecule has 3 N–H and O–H groups in total. The summed E-state index contributed by atoms with van der Waals surface area (Å²) in [5.41, 5.74) is -1.26. The van der Waals surface area contributed by atoms with E-state index in [-0.39, 0.29) is 44.0 Å². The zero-order valence-electron chi connectivity index (χ0n) is 21.9. The van der Waals surface area contributed by atoms with Crippen molar-refractivity contribution in [3.05, 3.63) is 60.2 Å². The third kappa shape index (κ3) is 8.13. The lowest BCUT2D eigenvalue weighted by atomic mass is 9.95. The van der Waals surface area contributed by atoms with Crippen LogP contribution < -0.4 is 14.8 Å². The van der Waals surface area contributed by atoms with Crippen LogP contribution in [-0.4, -0.2) is 77.3 Å². The number of nitrogens with one attached hydrogen (secondary N) is 2. The Kier molecular flexibility index (Phi) is 10.2. The average Bonchev–Trinajstić information content (AvgIpc) is 3.46.